The standard InChI is InChI=1S/C20H25N3O6S/c1-27-9-7-18(24)23-12-20(13-23)16(8-10-30(20,25)26)19-21-17(22-29-19)11-14-3-5-15(28-2)6-4-14/h3-6,16H,7-13H2,1-2H3. The maximum absolute atomic E-state index is 12.8. The minimum atomic E-state index is -3.36. The van der Waals surface area contributed by atoms with Gasteiger partial charge in [0, 0.05) is 26.6 Å². The van der Waals surface area contributed by atoms with Gasteiger partial charge in [-0.1, -0.05) is 17.3 Å². The van der Waals surface area contributed by atoms with E-state index in [0.717, 1.165) is 11.3 Å². The van der Waals surface area contributed by atoms with Crippen molar-refractivity contribution in [1.29, 1.82) is 0 Å². The van der Waals surface area contributed by atoms with Gasteiger partial charge in [-0.2, -0.15) is 4.98 Å². The molecule has 162 valence electrons. The van der Waals surface area contributed by atoms with Gasteiger partial charge in [-0.15, -0.1) is 0 Å². The minimum absolute atomic E-state index is 0.0635. The molecule has 0 saturated carbocycles. The fourth-order valence-electron chi connectivity index (χ4n) is 4.25. The van der Waals surface area contributed by atoms with Crippen LogP contribution in [0.1, 0.15) is 36.0 Å². The monoisotopic (exact) mass is 435 g/mol. The molecule has 10 heteroatoms. The second kappa shape index (κ2) is 7.99. The van der Waals surface area contributed by atoms with Crippen LogP contribution in [0.4, 0.5) is 0 Å². The number of methoxy groups -OCH3 is 2. The number of hydrogen-bond donors (Lipinski definition) is 0. The van der Waals surface area contributed by atoms with Crippen molar-refractivity contribution in [2.24, 2.45) is 0 Å². The van der Waals surface area contributed by atoms with Crippen molar-refractivity contribution >= 4 is 15.7 Å². The summed E-state index contributed by atoms with van der Waals surface area (Å²) in [6.07, 6.45) is 1.14. The van der Waals surface area contributed by atoms with Crippen LogP contribution >= 0.6 is 0 Å². The zero-order valence-corrected chi connectivity index (χ0v) is 17.9. The number of sulfone groups is 1. The average molecular weight is 436 g/mol. The van der Waals surface area contributed by atoms with Crippen molar-refractivity contribution in [3.8, 4) is 5.75 Å². The third-order valence-electron chi connectivity index (χ3n) is 6.02. The van der Waals surface area contributed by atoms with Crippen LogP contribution in [0.15, 0.2) is 28.8 Å². The van der Waals surface area contributed by atoms with E-state index < -0.39 is 20.5 Å². The summed E-state index contributed by atoms with van der Waals surface area (Å²) in [6.45, 7) is 0.647. The van der Waals surface area contributed by atoms with E-state index in [9.17, 15) is 13.2 Å². The number of carbonyl (C=O) groups is 1. The SMILES string of the molecule is COCCC(=O)N1CC2(C1)C(c1nc(Cc3ccc(OC)cc3)no1)CCS2(=O)=O. The number of hydrogen-bond acceptors (Lipinski definition) is 8. The highest BCUT2D eigenvalue weighted by Gasteiger charge is 2.64. The summed E-state index contributed by atoms with van der Waals surface area (Å²) in [7, 11) is -0.219. The number of benzene rings is 1. The molecule has 1 aromatic heterocycles. The molecule has 1 amide bonds. The average Bonchev–Trinajstić information content (AvgIpc) is 3.26. The molecule has 0 radical (unpaired) electrons. The Balaban J connectivity index is 1.49. The number of aromatic nitrogens is 2. The number of likely N-dealkylation sites (tertiary alicyclic amines) is 1. The van der Waals surface area contributed by atoms with E-state index in [1.54, 1.807) is 12.0 Å². The highest BCUT2D eigenvalue weighted by atomic mass is 32.2. The molecule has 0 aliphatic carbocycles. The maximum Gasteiger partial charge on any atom is 0.231 e. The van der Waals surface area contributed by atoms with Gasteiger partial charge >= 0.3 is 0 Å². The summed E-state index contributed by atoms with van der Waals surface area (Å²) in [6, 6.07) is 7.56. The first-order valence-electron chi connectivity index (χ1n) is 9.83. The molecule has 2 aliphatic rings. The number of carbonyl (C=O) groups excluding carboxylic acids is 1. The molecular weight excluding hydrogens is 410 g/mol. The van der Waals surface area contributed by atoms with Crippen LogP contribution in [-0.2, 0) is 25.8 Å². The Kier molecular flexibility index (Phi) is 5.54. The van der Waals surface area contributed by atoms with Crippen molar-refractivity contribution in [1.82, 2.24) is 15.0 Å². The van der Waals surface area contributed by atoms with E-state index in [2.05, 4.69) is 10.1 Å². The molecule has 1 spiro atoms. The third kappa shape index (κ3) is 3.58. The highest BCUT2D eigenvalue weighted by molar-refractivity contribution is 7.93. The molecule has 2 aliphatic heterocycles. The van der Waals surface area contributed by atoms with E-state index in [1.165, 1.54) is 7.11 Å². The van der Waals surface area contributed by atoms with Crippen LogP contribution in [0.5, 0.6) is 5.75 Å². The second-order valence-corrected chi connectivity index (χ2v) is 10.2. The molecular formula is C20H25N3O6S. The lowest BCUT2D eigenvalue weighted by Crippen LogP contribution is -2.67. The van der Waals surface area contributed by atoms with Gasteiger partial charge in [-0.25, -0.2) is 8.42 Å². The van der Waals surface area contributed by atoms with Crippen LogP contribution in [0, 0.1) is 0 Å². The molecule has 9 nitrogen and oxygen atoms in total. The van der Waals surface area contributed by atoms with E-state index >= 15 is 0 Å². The Hall–Kier alpha value is -2.46. The van der Waals surface area contributed by atoms with Gasteiger partial charge in [-0.05, 0) is 24.1 Å². The molecule has 30 heavy (non-hydrogen) atoms. The van der Waals surface area contributed by atoms with E-state index in [-0.39, 0.29) is 31.2 Å². The quantitative estimate of drug-likeness (QED) is 0.638. The summed E-state index contributed by atoms with van der Waals surface area (Å²) >= 11 is 0. The Morgan fingerprint density at radius 3 is 2.67 bits per heavy atom. The van der Waals surface area contributed by atoms with Gasteiger partial charge in [0.2, 0.25) is 11.8 Å². The maximum atomic E-state index is 12.8. The van der Waals surface area contributed by atoms with E-state index in [4.69, 9.17) is 14.0 Å². The molecule has 0 N–H and O–H groups in total. The first kappa shape index (κ1) is 20.8. The summed E-state index contributed by atoms with van der Waals surface area (Å²) < 4.78 is 40.2. The van der Waals surface area contributed by atoms with E-state index in [0.29, 0.717) is 31.2 Å². The van der Waals surface area contributed by atoms with Crippen LogP contribution in [-0.4, -0.2) is 73.8 Å². The predicted molar refractivity (Wildman–Crippen MR) is 107 cm³/mol. The van der Waals surface area contributed by atoms with Crippen molar-refractivity contribution < 1.29 is 27.2 Å². The lowest BCUT2D eigenvalue weighted by atomic mass is 9.83. The Bertz CT molecular complexity index is 1010. The predicted octanol–water partition coefficient (Wildman–Crippen LogP) is 1.19. The van der Waals surface area contributed by atoms with Crippen LogP contribution in [0.25, 0.3) is 0 Å². The van der Waals surface area contributed by atoms with Crippen molar-refractivity contribution in [3.05, 3.63) is 41.5 Å². The molecule has 4 rings (SSSR count). The topological polar surface area (TPSA) is 112 Å². The minimum Gasteiger partial charge on any atom is -0.497 e. The van der Waals surface area contributed by atoms with Gasteiger partial charge in [-0.3, -0.25) is 4.79 Å². The molecule has 3 heterocycles. The molecule has 0 bridgehead atoms. The molecule has 1 atom stereocenters. The normalized spacial score (nSPS) is 21.5. The lowest BCUT2D eigenvalue weighted by Gasteiger charge is -2.49. The lowest BCUT2D eigenvalue weighted by molar-refractivity contribution is -0.137. The van der Waals surface area contributed by atoms with Gasteiger partial charge in [0.15, 0.2) is 15.7 Å². The van der Waals surface area contributed by atoms with Crippen molar-refractivity contribution in [2.75, 3.05) is 39.7 Å². The molecule has 1 aromatic carbocycles. The summed E-state index contributed by atoms with van der Waals surface area (Å²) in [4.78, 5) is 18.3. The zero-order chi connectivity index (χ0) is 21.4. The summed E-state index contributed by atoms with van der Waals surface area (Å²) in [5.41, 5.74) is 0.996. The van der Waals surface area contributed by atoms with Gasteiger partial charge in [0.25, 0.3) is 0 Å². The fraction of sp³-hybridized carbons (Fsp3) is 0.550. The van der Waals surface area contributed by atoms with E-state index in [1.807, 2.05) is 24.3 Å². The first-order valence-corrected chi connectivity index (χ1v) is 11.5. The fourth-order valence-corrected chi connectivity index (χ4v) is 6.56. The highest BCUT2D eigenvalue weighted by Crippen LogP contribution is 2.49. The van der Waals surface area contributed by atoms with Gasteiger partial charge in [0.1, 0.15) is 10.5 Å². The van der Waals surface area contributed by atoms with Gasteiger partial charge in [0.05, 0.1) is 31.8 Å². The second-order valence-electron chi connectivity index (χ2n) is 7.79. The van der Waals surface area contributed by atoms with Crippen LogP contribution in [0.3, 0.4) is 0 Å². The van der Waals surface area contributed by atoms with Crippen molar-refractivity contribution in [3.63, 3.8) is 0 Å². The smallest absolute Gasteiger partial charge is 0.231 e. The van der Waals surface area contributed by atoms with Crippen molar-refractivity contribution in [2.45, 2.75) is 29.9 Å². The molecule has 2 fully saturated rings. The third-order valence-corrected chi connectivity index (χ3v) is 8.58. The Labute approximate surface area is 175 Å². The first-order chi connectivity index (χ1) is 14.4. The Morgan fingerprint density at radius 2 is 2.00 bits per heavy atom. The van der Waals surface area contributed by atoms with Crippen LogP contribution in [0.2, 0.25) is 0 Å². The zero-order valence-electron chi connectivity index (χ0n) is 17.0. The molecule has 1 unspecified atom stereocenters. The Morgan fingerprint density at radius 1 is 1.27 bits per heavy atom. The number of amides is 1. The van der Waals surface area contributed by atoms with Crippen LogP contribution < -0.4 is 4.74 Å². The number of rotatable bonds is 7. The number of ether oxygens (including phenoxy) is 2. The molecule has 2 aromatic rings. The summed E-state index contributed by atoms with van der Waals surface area (Å²) in [5, 5.41) is 4.06. The number of nitrogens with zero attached hydrogens (tertiary/aromatic N) is 3. The largest absolute Gasteiger partial charge is 0.497 e. The summed E-state index contributed by atoms with van der Waals surface area (Å²) in [5.74, 6) is 1.17. The molecule has 2 saturated heterocycles. The van der Waals surface area contributed by atoms with Gasteiger partial charge < -0.3 is 18.9 Å².